The monoisotopic (exact) mass is 268 g/mol. The molecular formula is C16H16N2O2. The second-order valence-electron chi connectivity index (χ2n) is 5.35. The molecule has 20 heavy (non-hydrogen) atoms. The van der Waals surface area contributed by atoms with Gasteiger partial charge in [-0.05, 0) is 38.1 Å². The molecule has 0 bridgehead atoms. The molecule has 3 N–H and O–H groups in total. The van der Waals surface area contributed by atoms with Gasteiger partial charge in [0.1, 0.15) is 5.52 Å². The molecule has 0 fully saturated rings. The van der Waals surface area contributed by atoms with Gasteiger partial charge in [0.2, 0.25) is 5.89 Å². The number of nitrogen functional groups attached to an aromatic ring is 1. The highest BCUT2D eigenvalue weighted by atomic mass is 16.3. The summed E-state index contributed by atoms with van der Waals surface area (Å²) in [6, 6.07) is 13.2. The van der Waals surface area contributed by atoms with Crippen LogP contribution in [0.2, 0.25) is 0 Å². The number of aromatic nitrogens is 1. The molecule has 0 saturated heterocycles. The lowest BCUT2D eigenvalue weighted by molar-refractivity contribution is 0.0794. The van der Waals surface area contributed by atoms with Gasteiger partial charge in [-0.25, -0.2) is 4.98 Å². The largest absolute Gasteiger partial charge is 0.436 e. The van der Waals surface area contributed by atoms with Crippen molar-refractivity contribution in [3.63, 3.8) is 0 Å². The van der Waals surface area contributed by atoms with Crippen LogP contribution in [-0.4, -0.2) is 10.1 Å². The van der Waals surface area contributed by atoms with Crippen molar-refractivity contribution in [2.75, 3.05) is 5.73 Å². The van der Waals surface area contributed by atoms with E-state index in [9.17, 15) is 5.11 Å². The SMILES string of the molecule is CC(C)(O)c1cc2oc(-c3ccccc3)nc2cc1N. The van der Waals surface area contributed by atoms with Crippen molar-refractivity contribution < 1.29 is 9.52 Å². The molecule has 0 saturated carbocycles. The lowest BCUT2D eigenvalue weighted by atomic mass is 9.96. The quantitative estimate of drug-likeness (QED) is 0.699. The molecule has 102 valence electrons. The molecule has 0 aliphatic heterocycles. The molecule has 4 nitrogen and oxygen atoms in total. The standard InChI is InChI=1S/C16H16N2O2/c1-16(2,19)11-8-14-13(9-12(11)17)18-15(20-14)10-6-4-3-5-7-10/h3-9,19H,17H2,1-2H3. The maximum Gasteiger partial charge on any atom is 0.227 e. The van der Waals surface area contributed by atoms with Gasteiger partial charge in [-0.1, -0.05) is 18.2 Å². The van der Waals surface area contributed by atoms with Crippen LogP contribution < -0.4 is 5.73 Å². The van der Waals surface area contributed by atoms with E-state index in [4.69, 9.17) is 10.2 Å². The number of benzene rings is 2. The molecule has 0 spiro atoms. The van der Waals surface area contributed by atoms with Crippen molar-refractivity contribution in [2.24, 2.45) is 0 Å². The van der Waals surface area contributed by atoms with Crippen LogP contribution in [0.4, 0.5) is 5.69 Å². The highest BCUT2D eigenvalue weighted by molar-refractivity contribution is 5.81. The summed E-state index contributed by atoms with van der Waals surface area (Å²) < 4.78 is 5.77. The van der Waals surface area contributed by atoms with Gasteiger partial charge in [0.15, 0.2) is 5.58 Å². The summed E-state index contributed by atoms with van der Waals surface area (Å²) >= 11 is 0. The molecular weight excluding hydrogens is 252 g/mol. The van der Waals surface area contributed by atoms with Gasteiger partial charge in [0.25, 0.3) is 0 Å². The first-order chi connectivity index (χ1) is 9.45. The average Bonchev–Trinajstić information content (AvgIpc) is 2.80. The van der Waals surface area contributed by atoms with Crippen LogP contribution in [0.15, 0.2) is 46.9 Å². The van der Waals surface area contributed by atoms with Crippen LogP contribution in [0.1, 0.15) is 19.4 Å². The Morgan fingerprint density at radius 2 is 1.85 bits per heavy atom. The topological polar surface area (TPSA) is 72.3 Å². The Balaban J connectivity index is 2.17. The molecule has 3 rings (SSSR count). The number of hydrogen-bond donors (Lipinski definition) is 2. The molecule has 0 aliphatic rings. The van der Waals surface area contributed by atoms with E-state index < -0.39 is 5.60 Å². The van der Waals surface area contributed by atoms with Crippen molar-refractivity contribution in [3.8, 4) is 11.5 Å². The van der Waals surface area contributed by atoms with Gasteiger partial charge in [-0.3, -0.25) is 0 Å². The Morgan fingerprint density at radius 1 is 1.15 bits per heavy atom. The number of nitrogens with two attached hydrogens (primary N) is 1. The van der Waals surface area contributed by atoms with E-state index in [1.54, 1.807) is 26.0 Å². The number of fused-ring (bicyclic) bond motifs is 1. The summed E-state index contributed by atoms with van der Waals surface area (Å²) in [4.78, 5) is 4.44. The zero-order valence-corrected chi connectivity index (χ0v) is 11.4. The minimum atomic E-state index is -1.02. The summed E-state index contributed by atoms with van der Waals surface area (Å²) in [5.41, 5.74) is 8.33. The lowest BCUT2D eigenvalue weighted by Gasteiger charge is -2.19. The predicted octanol–water partition coefficient (Wildman–Crippen LogP) is 3.30. The van der Waals surface area contributed by atoms with Crippen LogP contribution >= 0.6 is 0 Å². The van der Waals surface area contributed by atoms with E-state index in [1.165, 1.54) is 0 Å². The Kier molecular flexibility index (Phi) is 2.76. The number of rotatable bonds is 2. The summed E-state index contributed by atoms with van der Waals surface area (Å²) in [6.07, 6.45) is 0. The molecule has 2 aromatic carbocycles. The number of oxazole rings is 1. The minimum Gasteiger partial charge on any atom is -0.436 e. The number of aliphatic hydroxyl groups is 1. The van der Waals surface area contributed by atoms with Gasteiger partial charge in [-0.2, -0.15) is 0 Å². The lowest BCUT2D eigenvalue weighted by Crippen LogP contribution is -2.17. The fourth-order valence-electron chi connectivity index (χ4n) is 2.22. The molecule has 3 aromatic rings. The average molecular weight is 268 g/mol. The van der Waals surface area contributed by atoms with E-state index in [-0.39, 0.29) is 0 Å². The highest BCUT2D eigenvalue weighted by Crippen LogP contribution is 2.32. The maximum atomic E-state index is 10.1. The van der Waals surface area contributed by atoms with Crippen LogP contribution in [0.3, 0.4) is 0 Å². The van der Waals surface area contributed by atoms with Gasteiger partial charge in [-0.15, -0.1) is 0 Å². The third-order valence-electron chi connectivity index (χ3n) is 3.24. The van der Waals surface area contributed by atoms with Gasteiger partial charge in [0.05, 0.1) is 5.60 Å². The summed E-state index contributed by atoms with van der Waals surface area (Å²) in [5.74, 6) is 0.549. The third-order valence-corrected chi connectivity index (χ3v) is 3.24. The number of hydrogen-bond acceptors (Lipinski definition) is 4. The first-order valence-corrected chi connectivity index (χ1v) is 6.43. The number of nitrogens with zero attached hydrogens (tertiary/aromatic N) is 1. The highest BCUT2D eigenvalue weighted by Gasteiger charge is 2.21. The van der Waals surface area contributed by atoms with E-state index in [0.29, 0.717) is 28.2 Å². The van der Waals surface area contributed by atoms with E-state index in [1.807, 2.05) is 30.3 Å². The Labute approximate surface area is 116 Å². The Hall–Kier alpha value is -2.33. The van der Waals surface area contributed by atoms with Crippen LogP contribution in [-0.2, 0) is 5.60 Å². The Bertz CT molecular complexity index is 755. The summed E-state index contributed by atoms with van der Waals surface area (Å²) in [5, 5.41) is 10.1. The molecule has 0 atom stereocenters. The third kappa shape index (κ3) is 2.14. The van der Waals surface area contributed by atoms with Crippen LogP contribution in [0, 0.1) is 0 Å². The van der Waals surface area contributed by atoms with Crippen molar-refractivity contribution >= 4 is 16.8 Å². The van der Waals surface area contributed by atoms with Gasteiger partial charge in [0, 0.05) is 16.8 Å². The van der Waals surface area contributed by atoms with Crippen molar-refractivity contribution in [3.05, 3.63) is 48.0 Å². The van der Waals surface area contributed by atoms with E-state index in [0.717, 1.165) is 5.56 Å². The molecule has 0 radical (unpaired) electrons. The number of anilines is 1. The molecule has 0 aliphatic carbocycles. The van der Waals surface area contributed by atoms with Gasteiger partial charge < -0.3 is 15.3 Å². The summed E-state index contributed by atoms with van der Waals surface area (Å²) in [7, 11) is 0. The zero-order valence-electron chi connectivity index (χ0n) is 11.4. The fourth-order valence-corrected chi connectivity index (χ4v) is 2.22. The first-order valence-electron chi connectivity index (χ1n) is 6.43. The van der Waals surface area contributed by atoms with Crippen LogP contribution in [0.25, 0.3) is 22.6 Å². The van der Waals surface area contributed by atoms with Crippen molar-refractivity contribution in [1.82, 2.24) is 4.98 Å². The van der Waals surface area contributed by atoms with E-state index in [2.05, 4.69) is 4.98 Å². The molecule has 0 amide bonds. The Morgan fingerprint density at radius 3 is 2.50 bits per heavy atom. The second kappa shape index (κ2) is 4.35. The van der Waals surface area contributed by atoms with Crippen molar-refractivity contribution in [2.45, 2.75) is 19.4 Å². The second-order valence-corrected chi connectivity index (χ2v) is 5.35. The normalized spacial score (nSPS) is 11.9. The molecule has 4 heteroatoms. The molecule has 1 aromatic heterocycles. The molecule has 0 unspecified atom stereocenters. The maximum absolute atomic E-state index is 10.1. The van der Waals surface area contributed by atoms with Crippen LogP contribution in [0.5, 0.6) is 0 Å². The smallest absolute Gasteiger partial charge is 0.227 e. The predicted molar refractivity (Wildman–Crippen MR) is 79.1 cm³/mol. The van der Waals surface area contributed by atoms with Crippen molar-refractivity contribution in [1.29, 1.82) is 0 Å². The fraction of sp³-hybridized carbons (Fsp3) is 0.188. The van der Waals surface area contributed by atoms with E-state index >= 15 is 0 Å². The van der Waals surface area contributed by atoms with Gasteiger partial charge >= 0.3 is 0 Å². The zero-order chi connectivity index (χ0) is 14.3. The summed E-state index contributed by atoms with van der Waals surface area (Å²) in [6.45, 7) is 3.39. The first kappa shape index (κ1) is 12.7. The minimum absolute atomic E-state index is 0.512. The molecule has 1 heterocycles.